The number of nitrogens with zero attached hydrogens (tertiary/aromatic N) is 1. The van der Waals surface area contributed by atoms with Gasteiger partial charge in [-0.15, -0.1) is 0 Å². The van der Waals surface area contributed by atoms with E-state index in [-0.39, 0.29) is 25.6 Å². The molecule has 0 aromatic heterocycles. The first-order valence-electron chi connectivity index (χ1n) is 31.7. The number of ether oxygens (including phenoxy) is 2. The van der Waals surface area contributed by atoms with Gasteiger partial charge in [-0.1, -0.05) is 262 Å². The Bertz CT molecular complexity index is 1340. The molecule has 436 valence electrons. The lowest BCUT2D eigenvalue weighted by Gasteiger charge is -2.24. The molecule has 0 heterocycles. The van der Waals surface area contributed by atoms with Crippen LogP contribution < -0.4 is 0 Å². The van der Waals surface area contributed by atoms with E-state index in [4.69, 9.17) is 18.5 Å². The average molecular weight is 1070 g/mol. The summed E-state index contributed by atoms with van der Waals surface area (Å²) in [6.45, 7) is 4.47. The molecule has 0 aliphatic rings. The molecule has 9 nitrogen and oxygen atoms in total. The second-order valence-electron chi connectivity index (χ2n) is 22.8. The second kappa shape index (κ2) is 56.0. The van der Waals surface area contributed by atoms with Gasteiger partial charge >= 0.3 is 19.8 Å². The number of unbranched alkanes of at least 4 members (excludes halogenated alkanes) is 39. The maximum atomic E-state index is 12.8. The molecule has 0 amide bonds. The standard InChI is InChI=1S/C64H122NO8P/c1-6-8-10-12-14-16-18-20-22-24-26-28-30-31-32-33-35-37-39-41-43-45-47-49-51-53-55-57-64(67)73-62(61-72-74(68,69)71-59-58-65(3,4)5)60-70-63(66)56-54-52-50-48-46-44-42-40-38-36-34-29-27-25-23-21-19-17-15-13-11-9-7-2/h18,20,24-27,62H,6-17,19,21-23,28-61H2,1-5H3/p+1/b20-18-,26-24-,27-25-. The zero-order valence-electron chi connectivity index (χ0n) is 49.6. The van der Waals surface area contributed by atoms with E-state index in [0.717, 1.165) is 38.5 Å². The third kappa shape index (κ3) is 59.5. The van der Waals surface area contributed by atoms with Gasteiger partial charge in [-0.05, 0) is 70.6 Å². The summed E-state index contributed by atoms with van der Waals surface area (Å²) in [6, 6.07) is 0. The second-order valence-corrected chi connectivity index (χ2v) is 24.2. The van der Waals surface area contributed by atoms with Crippen molar-refractivity contribution in [3.63, 3.8) is 0 Å². The molecule has 0 spiro atoms. The van der Waals surface area contributed by atoms with Crippen LogP contribution >= 0.6 is 7.82 Å². The monoisotopic (exact) mass is 1060 g/mol. The molecule has 0 saturated carbocycles. The Morgan fingerprint density at radius 3 is 1.08 bits per heavy atom. The van der Waals surface area contributed by atoms with Crippen LogP contribution in [0.3, 0.4) is 0 Å². The Balaban J connectivity index is 4.08. The maximum absolute atomic E-state index is 12.8. The lowest BCUT2D eigenvalue weighted by atomic mass is 10.0. The molecular weight excluding hydrogens is 942 g/mol. The van der Waals surface area contributed by atoms with Gasteiger partial charge in [-0.25, -0.2) is 4.57 Å². The van der Waals surface area contributed by atoms with Crippen molar-refractivity contribution in [2.24, 2.45) is 0 Å². The van der Waals surface area contributed by atoms with Crippen molar-refractivity contribution >= 4 is 19.8 Å². The topological polar surface area (TPSA) is 108 Å². The number of allylic oxidation sites excluding steroid dienone is 6. The van der Waals surface area contributed by atoms with Gasteiger partial charge < -0.3 is 18.9 Å². The highest BCUT2D eigenvalue weighted by atomic mass is 31.2. The van der Waals surface area contributed by atoms with Crippen LogP contribution in [0.1, 0.15) is 309 Å². The largest absolute Gasteiger partial charge is 0.472 e. The van der Waals surface area contributed by atoms with Crippen molar-refractivity contribution in [1.82, 2.24) is 0 Å². The van der Waals surface area contributed by atoms with E-state index in [2.05, 4.69) is 50.3 Å². The van der Waals surface area contributed by atoms with Crippen molar-refractivity contribution in [1.29, 1.82) is 0 Å². The Morgan fingerprint density at radius 2 is 0.730 bits per heavy atom. The van der Waals surface area contributed by atoms with Crippen molar-refractivity contribution in [3.8, 4) is 0 Å². The van der Waals surface area contributed by atoms with Gasteiger partial charge in [0, 0.05) is 12.8 Å². The molecule has 0 aliphatic carbocycles. The average Bonchev–Trinajstić information content (AvgIpc) is 3.36. The van der Waals surface area contributed by atoms with E-state index in [9.17, 15) is 19.0 Å². The van der Waals surface area contributed by atoms with Gasteiger partial charge in [0.1, 0.15) is 19.8 Å². The fraction of sp³-hybridized carbons (Fsp3) is 0.875. The van der Waals surface area contributed by atoms with Crippen molar-refractivity contribution in [2.75, 3.05) is 47.5 Å². The van der Waals surface area contributed by atoms with Gasteiger partial charge in [-0.2, -0.15) is 0 Å². The lowest BCUT2D eigenvalue weighted by molar-refractivity contribution is -0.870. The Hall–Kier alpha value is -1.77. The van der Waals surface area contributed by atoms with Crippen LogP contribution in [0.25, 0.3) is 0 Å². The predicted molar refractivity (Wildman–Crippen MR) is 317 cm³/mol. The molecule has 2 atom stereocenters. The Morgan fingerprint density at radius 1 is 0.419 bits per heavy atom. The number of hydrogen-bond acceptors (Lipinski definition) is 7. The SMILES string of the molecule is CCCCCCC/C=C\C/C=C\CCCCCCCCCCCCCCCCCC(=O)OC(COC(=O)CCCCCCCCCCCCC/C=C\CCCCCCCCCC)COP(=O)(O)OCC[N+](C)(C)C. The van der Waals surface area contributed by atoms with Crippen LogP contribution in [0, 0.1) is 0 Å². The van der Waals surface area contributed by atoms with Crippen LogP contribution in [0.4, 0.5) is 0 Å². The first-order valence-corrected chi connectivity index (χ1v) is 33.2. The van der Waals surface area contributed by atoms with Gasteiger partial charge in [0.25, 0.3) is 0 Å². The van der Waals surface area contributed by atoms with E-state index < -0.39 is 26.5 Å². The van der Waals surface area contributed by atoms with Crippen LogP contribution in [0.2, 0.25) is 0 Å². The minimum atomic E-state index is -4.39. The number of phosphoric ester groups is 1. The minimum absolute atomic E-state index is 0.0332. The predicted octanol–water partition coefficient (Wildman–Crippen LogP) is 19.9. The van der Waals surface area contributed by atoms with Gasteiger partial charge in [-0.3, -0.25) is 18.6 Å². The number of hydrogen-bond donors (Lipinski definition) is 1. The molecule has 0 aromatic carbocycles. The molecule has 0 fully saturated rings. The van der Waals surface area contributed by atoms with Crippen LogP contribution in [-0.4, -0.2) is 74.9 Å². The highest BCUT2D eigenvalue weighted by molar-refractivity contribution is 7.47. The molecule has 0 aliphatic heterocycles. The Kier molecular flexibility index (Phi) is 54.6. The maximum Gasteiger partial charge on any atom is 0.472 e. The Labute approximate surface area is 459 Å². The van der Waals surface area contributed by atoms with Crippen LogP contribution in [0.5, 0.6) is 0 Å². The minimum Gasteiger partial charge on any atom is -0.462 e. The number of carbonyl (C=O) groups excluding carboxylic acids is 2. The molecular formula is C64H123NO8P+. The summed E-state index contributed by atoms with van der Waals surface area (Å²) in [5.74, 6) is -0.783. The van der Waals surface area contributed by atoms with Gasteiger partial charge in [0.2, 0.25) is 0 Å². The van der Waals surface area contributed by atoms with Crippen molar-refractivity contribution in [2.45, 2.75) is 315 Å². The number of likely N-dealkylation sites (N-methyl/N-ethyl adjacent to an activating group) is 1. The first-order chi connectivity index (χ1) is 36.0. The molecule has 0 bridgehead atoms. The number of quaternary nitrogens is 1. The summed E-state index contributed by atoms with van der Waals surface area (Å²) in [5, 5.41) is 0. The molecule has 0 rings (SSSR count). The highest BCUT2D eigenvalue weighted by Gasteiger charge is 2.27. The number of carbonyl (C=O) groups is 2. The normalized spacial score (nSPS) is 13.4. The quantitative estimate of drug-likeness (QED) is 0.0211. The summed E-state index contributed by atoms with van der Waals surface area (Å²) in [4.78, 5) is 35.8. The molecule has 1 N–H and O–H groups in total. The fourth-order valence-electron chi connectivity index (χ4n) is 9.22. The molecule has 0 saturated heterocycles. The van der Waals surface area contributed by atoms with Gasteiger partial charge in [0.05, 0.1) is 27.7 Å². The van der Waals surface area contributed by atoms with Crippen molar-refractivity contribution < 1.29 is 42.1 Å². The van der Waals surface area contributed by atoms with Gasteiger partial charge in [0.15, 0.2) is 6.10 Å². The van der Waals surface area contributed by atoms with E-state index in [1.807, 2.05) is 21.1 Å². The lowest BCUT2D eigenvalue weighted by Crippen LogP contribution is -2.37. The number of phosphoric acid groups is 1. The number of esters is 2. The zero-order chi connectivity index (χ0) is 54.2. The smallest absolute Gasteiger partial charge is 0.462 e. The summed E-state index contributed by atoms with van der Waals surface area (Å²) in [7, 11) is 1.49. The highest BCUT2D eigenvalue weighted by Crippen LogP contribution is 2.43. The molecule has 0 aromatic rings. The first kappa shape index (κ1) is 72.2. The fourth-order valence-corrected chi connectivity index (χ4v) is 9.96. The van der Waals surface area contributed by atoms with Crippen molar-refractivity contribution in [3.05, 3.63) is 36.5 Å². The third-order valence-corrected chi connectivity index (χ3v) is 15.1. The summed E-state index contributed by atoms with van der Waals surface area (Å²) in [5.41, 5.74) is 0. The zero-order valence-corrected chi connectivity index (χ0v) is 50.5. The van der Waals surface area contributed by atoms with Crippen LogP contribution in [-0.2, 0) is 32.7 Å². The van der Waals surface area contributed by atoms with E-state index in [0.29, 0.717) is 23.9 Å². The summed E-state index contributed by atoms with van der Waals surface area (Å²) < 4.78 is 34.7. The van der Waals surface area contributed by atoms with Crippen LogP contribution in [0.15, 0.2) is 36.5 Å². The number of rotatable bonds is 59. The molecule has 2 unspecified atom stereocenters. The third-order valence-electron chi connectivity index (χ3n) is 14.1. The van der Waals surface area contributed by atoms with E-state index in [1.54, 1.807) is 0 Å². The molecule has 74 heavy (non-hydrogen) atoms. The molecule has 0 radical (unpaired) electrons. The van der Waals surface area contributed by atoms with E-state index >= 15 is 0 Å². The molecule has 10 heteroatoms. The summed E-state index contributed by atoms with van der Waals surface area (Å²) >= 11 is 0. The van der Waals surface area contributed by atoms with E-state index in [1.165, 1.54) is 238 Å². The summed E-state index contributed by atoms with van der Waals surface area (Å²) in [6.07, 6.45) is 69.4.